The van der Waals surface area contributed by atoms with E-state index in [4.69, 9.17) is 25.8 Å². The summed E-state index contributed by atoms with van der Waals surface area (Å²) in [4.78, 5) is 12.6. The van der Waals surface area contributed by atoms with Crippen molar-refractivity contribution in [3.05, 3.63) is 47.0 Å². The molecule has 1 aliphatic heterocycles. The maximum atomic E-state index is 12.6. The minimum Gasteiger partial charge on any atom is -0.495 e. The van der Waals surface area contributed by atoms with Crippen LogP contribution >= 0.6 is 11.6 Å². The minimum atomic E-state index is -0.273. The van der Waals surface area contributed by atoms with Crippen LogP contribution in [-0.4, -0.2) is 26.7 Å². The van der Waals surface area contributed by atoms with Gasteiger partial charge in [0.25, 0.3) is 0 Å². The number of halogens is 1. The molecule has 3 rings (SSSR count). The van der Waals surface area contributed by atoms with E-state index in [2.05, 4.69) is 5.32 Å². The molecule has 0 saturated heterocycles. The molecule has 6 heteroatoms. The number of carbonyl (C=O) groups is 1. The molecule has 0 radical (unpaired) electrons. The average molecular weight is 348 g/mol. The van der Waals surface area contributed by atoms with Gasteiger partial charge in [-0.1, -0.05) is 29.8 Å². The van der Waals surface area contributed by atoms with Gasteiger partial charge in [-0.05, 0) is 24.1 Å². The van der Waals surface area contributed by atoms with Crippen LogP contribution in [0.5, 0.6) is 17.2 Å². The Balaban J connectivity index is 1.77. The number of amides is 1. The van der Waals surface area contributed by atoms with Crippen molar-refractivity contribution in [2.45, 2.75) is 6.42 Å². The predicted molar refractivity (Wildman–Crippen MR) is 92.3 cm³/mol. The Morgan fingerprint density at radius 2 is 1.96 bits per heavy atom. The average Bonchev–Trinajstić information content (AvgIpc) is 2.61. The Morgan fingerprint density at radius 1 is 1.21 bits per heavy atom. The first kappa shape index (κ1) is 16.5. The van der Waals surface area contributed by atoms with Gasteiger partial charge < -0.3 is 19.5 Å². The largest absolute Gasteiger partial charge is 0.495 e. The number of ether oxygens (including phenoxy) is 3. The number of hydrogen-bond donors (Lipinski definition) is 1. The molecule has 1 aliphatic rings. The van der Waals surface area contributed by atoms with Crippen LogP contribution in [0.15, 0.2) is 36.4 Å². The van der Waals surface area contributed by atoms with Gasteiger partial charge in [0.2, 0.25) is 5.91 Å². The fourth-order valence-corrected chi connectivity index (χ4v) is 2.93. The van der Waals surface area contributed by atoms with Gasteiger partial charge in [0.15, 0.2) is 0 Å². The summed E-state index contributed by atoms with van der Waals surface area (Å²) in [5.74, 6) is 1.41. The SMILES string of the molecule is COc1cc(OC)c(NC(=O)C2COc3ccccc3C2)cc1Cl. The van der Waals surface area contributed by atoms with E-state index in [-0.39, 0.29) is 11.8 Å². The molecule has 126 valence electrons. The van der Waals surface area contributed by atoms with E-state index in [0.29, 0.717) is 35.2 Å². The third-order valence-electron chi connectivity index (χ3n) is 3.98. The van der Waals surface area contributed by atoms with Crippen LogP contribution < -0.4 is 19.5 Å². The molecule has 1 heterocycles. The number of para-hydroxylation sites is 1. The quantitative estimate of drug-likeness (QED) is 0.919. The van der Waals surface area contributed by atoms with Gasteiger partial charge in [0.05, 0.1) is 30.8 Å². The predicted octanol–water partition coefficient (Wildman–Crippen LogP) is 3.55. The zero-order valence-corrected chi connectivity index (χ0v) is 14.2. The zero-order valence-electron chi connectivity index (χ0n) is 13.5. The molecule has 5 nitrogen and oxygen atoms in total. The summed E-state index contributed by atoms with van der Waals surface area (Å²) >= 11 is 6.14. The summed E-state index contributed by atoms with van der Waals surface area (Å²) < 4.78 is 16.1. The van der Waals surface area contributed by atoms with Gasteiger partial charge in [-0.15, -0.1) is 0 Å². The number of fused-ring (bicyclic) bond motifs is 1. The fourth-order valence-electron chi connectivity index (χ4n) is 2.69. The van der Waals surface area contributed by atoms with E-state index in [1.165, 1.54) is 14.2 Å². The van der Waals surface area contributed by atoms with E-state index < -0.39 is 0 Å². The monoisotopic (exact) mass is 347 g/mol. The van der Waals surface area contributed by atoms with Crippen molar-refractivity contribution in [2.24, 2.45) is 5.92 Å². The van der Waals surface area contributed by atoms with E-state index in [0.717, 1.165) is 11.3 Å². The second-order valence-corrected chi connectivity index (χ2v) is 5.90. The molecule has 1 amide bonds. The Labute approximate surface area is 145 Å². The minimum absolute atomic E-state index is 0.135. The van der Waals surface area contributed by atoms with Gasteiger partial charge in [-0.2, -0.15) is 0 Å². The highest BCUT2D eigenvalue weighted by Gasteiger charge is 2.26. The highest BCUT2D eigenvalue weighted by molar-refractivity contribution is 6.32. The normalized spacial score (nSPS) is 15.9. The van der Waals surface area contributed by atoms with Crippen LogP contribution in [0, 0.1) is 5.92 Å². The molecular formula is C18H18ClNO4. The van der Waals surface area contributed by atoms with E-state index in [1.54, 1.807) is 12.1 Å². The molecule has 1 atom stereocenters. The number of nitrogens with one attached hydrogen (secondary N) is 1. The van der Waals surface area contributed by atoms with Crippen LogP contribution in [0.4, 0.5) is 5.69 Å². The van der Waals surface area contributed by atoms with E-state index in [1.807, 2.05) is 24.3 Å². The van der Waals surface area contributed by atoms with E-state index in [9.17, 15) is 4.79 Å². The summed E-state index contributed by atoms with van der Waals surface area (Å²) in [6, 6.07) is 11.0. The fraction of sp³-hybridized carbons (Fsp3) is 0.278. The molecule has 0 fully saturated rings. The molecule has 2 aromatic rings. The van der Waals surface area contributed by atoms with Gasteiger partial charge in [-0.25, -0.2) is 0 Å². The third-order valence-corrected chi connectivity index (χ3v) is 4.28. The third kappa shape index (κ3) is 3.26. The van der Waals surface area contributed by atoms with Crippen molar-refractivity contribution < 1.29 is 19.0 Å². The maximum absolute atomic E-state index is 12.6. The number of methoxy groups -OCH3 is 2. The molecule has 1 N–H and O–H groups in total. The van der Waals surface area contributed by atoms with Gasteiger partial charge in [-0.3, -0.25) is 4.79 Å². The van der Waals surface area contributed by atoms with Crippen LogP contribution in [0.1, 0.15) is 5.56 Å². The Morgan fingerprint density at radius 3 is 2.71 bits per heavy atom. The molecule has 1 unspecified atom stereocenters. The summed E-state index contributed by atoms with van der Waals surface area (Å²) in [6.45, 7) is 0.342. The molecule has 0 saturated carbocycles. The number of benzene rings is 2. The number of rotatable bonds is 4. The van der Waals surface area contributed by atoms with Gasteiger partial charge >= 0.3 is 0 Å². The smallest absolute Gasteiger partial charge is 0.231 e. The summed E-state index contributed by atoms with van der Waals surface area (Å²) in [5, 5.41) is 3.27. The lowest BCUT2D eigenvalue weighted by atomic mass is 9.96. The standard InChI is InChI=1S/C18H18ClNO4/c1-22-16-9-17(23-2)14(8-13(16)19)20-18(21)12-7-11-5-3-4-6-15(11)24-10-12/h3-6,8-9,12H,7,10H2,1-2H3,(H,20,21). The van der Waals surface area contributed by atoms with E-state index >= 15 is 0 Å². The maximum Gasteiger partial charge on any atom is 0.231 e. The second-order valence-electron chi connectivity index (χ2n) is 5.50. The highest BCUT2D eigenvalue weighted by atomic mass is 35.5. The van der Waals surface area contributed by atoms with Crippen molar-refractivity contribution in [2.75, 3.05) is 26.1 Å². The molecular weight excluding hydrogens is 330 g/mol. The van der Waals surface area contributed by atoms with Crippen molar-refractivity contribution in [1.29, 1.82) is 0 Å². The lowest BCUT2D eigenvalue weighted by Gasteiger charge is -2.25. The lowest BCUT2D eigenvalue weighted by Crippen LogP contribution is -2.32. The van der Waals surface area contributed by atoms with Crippen molar-refractivity contribution >= 4 is 23.2 Å². The van der Waals surface area contributed by atoms with Crippen LogP contribution in [-0.2, 0) is 11.2 Å². The molecule has 24 heavy (non-hydrogen) atoms. The summed E-state index contributed by atoms with van der Waals surface area (Å²) in [7, 11) is 3.05. The highest BCUT2D eigenvalue weighted by Crippen LogP contribution is 2.36. The van der Waals surface area contributed by atoms with Crippen molar-refractivity contribution in [3.8, 4) is 17.2 Å². The Kier molecular flexibility index (Phi) is 4.81. The van der Waals surface area contributed by atoms with Crippen molar-refractivity contribution in [3.63, 3.8) is 0 Å². The van der Waals surface area contributed by atoms with Gasteiger partial charge in [0, 0.05) is 6.07 Å². The van der Waals surface area contributed by atoms with Crippen molar-refractivity contribution in [1.82, 2.24) is 0 Å². The number of carbonyl (C=O) groups excluding carboxylic acids is 1. The molecule has 0 aromatic heterocycles. The number of hydrogen-bond acceptors (Lipinski definition) is 4. The Bertz CT molecular complexity index is 763. The first-order valence-electron chi connectivity index (χ1n) is 7.55. The number of anilines is 1. The van der Waals surface area contributed by atoms with Crippen LogP contribution in [0.25, 0.3) is 0 Å². The summed E-state index contributed by atoms with van der Waals surface area (Å²) in [5.41, 5.74) is 1.54. The molecule has 0 spiro atoms. The molecule has 2 aromatic carbocycles. The molecule has 0 bridgehead atoms. The first-order chi connectivity index (χ1) is 11.6. The second kappa shape index (κ2) is 7.01. The molecule has 0 aliphatic carbocycles. The lowest BCUT2D eigenvalue weighted by molar-refractivity contribution is -0.121. The van der Waals surface area contributed by atoms with Crippen LogP contribution in [0.3, 0.4) is 0 Å². The first-order valence-corrected chi connectivity index (χ1v) is 7.93. The van der Waals surface area contributed by atoms with Crippen LogP contribution in [0.2, 0.25) is 5.02 Å². The summed E-state index contributed by atoms with van der Waals surface area (Å²) in [6.07, 6.45) is 0.633. The topological polar surface area (TPSA) is 56.8 Å². The zero-order chi connectivity index (χ0) is 17.1. The Hall–Kier alpha value is -2.40. The van der Waals surface area contributed by atoms with Gasteiger partial charge in [0.1, 0.15) is 23.9 Å².